The van der Waals surface area contributed by atoms with Gasteiger partial charge in [0.25, 0.3) is 0 Å². The van der Waals surface area contributed by atoms with Gasteiger partial charge in [0.05, 0.1) is 11.2 Å². The summed E-state index contributed by atoms with van der Waals surface area (Å²) in [6.45, 7) is 5.53. The number of nitrogens with two attached hydrogens (primary N) is 1. The molecule has 1 amide bonds. The van der Waals surface area contributed by atoms with E-state index in [9.17, 15) is 9.90 Å². The molecule has 1 aromatic carbocycles. The zero-order chi connectivity index (χ0) is 13.1. The molecule has 4 N–H and O–H groups in total. The molecule has 4 heteroatoms. The van der Waals surface area contributed by atoms with Gasteiger partial charge in [0.1, 0.15) is 5.75 Å². The molecule has 0 fully saturated rings. The molecule has 0 radical (unpaired) electrons. The van der Waals surface area contributed by atoms with Crippen LogP contribution in [0.4, 0.5) is 5.69 Å². The fourth-order valence-electron chi connectivity index (χ4n) is 1.58. The summed E-state index contributed by atoms with van der Waals surface area (Å²) in [5, 5.41) is 12.5. The normalized spacial score (nSPS) is 11.3. The van der Waals surface area contributed by atoms with E-state index in [2.05, 4.69) is 5.32 Å². The number of phenols is 1. The number of carbonyl (C=O) groups is 1. The number of anilines is 1. The zero-order valence-corrected chi connectivity index (χ0v) is 10.6. The van der Waals surface area contributed by atoms with Crippen molar-refractivity contribution in [3.63, 3.8) is 0 Å². The third-order valence-electron chi connectivity index (χ3n) is 3.20. The van der Waals surface area contributed by atoms with Crippen LogP contribution in [0.5, 0.6) is 5.75 Å². The molecule has 0 heterocycles. The maximum atomic E-state index is 12.0. The molecule has 0 aliphatic heterocycles. The molecule has 1 rings (SSSR count). The highest BCUT2D eigenvalue weighted by molar-refractivity contribution is 5.99. The number of aromatic hydroxyl groups is 1. The maximum absolute atomic E-state index is 12.0. The smallest absolute Gasteiger partial charge is 0.244 e. The summed E-state index contributed by atoms with van der Waals surface area (Å²) in [4.78, 5) is 12.0. The predicted molar refractivity (Wildman–Crippen MR) is 69.0 cm³/mol. The van der Waals surface area contributed by atoms with E-state index in [0.29, 0.717) is 18.5 Å². The van der Waals surface area contributed by atoms with Gasteiger partial charge >= 0.3 is 0 Å². The molecule has 0 unspecified atom stereocenters. The first kappa shape index (κ1) is 13.5. The first-order chi connectivity index (χ1) is 7.94. The third kappa shape index (κ3) is 2.77. The fourth-order valence-corrected chi connectivity index (χ4v) is 1.58. The Balaban J connectivity index is 2.92. The van der Waals surface area contributed by atoms with Gasteiger partial charge in [-0.1, -0.05) is 26.0 Å². The molecule has 17 heavy (non-hydrogen) atoms. The topological polar surface area (TPSA) is 75.4 Å². The Kier molecular flexibility index (Phi) is 4.12. The second kappa shape index (κ2) is 5.19. The lowest BCUT2D eigenvalue weighted by Crippen LogP contribution is -2.50. The summed E-state index contributed by atoms with van der Waals surface area (Å²) in [7, 11) is 0. The highest BCUT2D eigenvalue weighted by Crippen LogP contribution is 2.27. The van der Waals surface area contributed by atoms with Crippen molar-refractivity contribution in [2.24, 2.45) is 5.73 Å². The minimum atomic E-state index is -0.879. The highest BCUT2D eigenvalue weighted by Gasteiger charge is 2.30. The van der Waals surface area contributed by atoms with Crippen LogP contribution in [0.25, 0.3) is 0 Å². The van der Waals surface area contributed by atoms with Gasteiger partial charge in [0.2, 0.25) is 5.91 Å². The Morgan fingerprint density at radius 2 is 2.00 bits per heavy atom. The Morgan fingerprint density at radius 3 is 2.53 bits per heavy atom. The van der Waals surface area contributed by atoms with Crippen molar-refractivity contribution < 1.29 is 9.90 Å². The molecule has 0 bridgehead atoms. The SMILES string of the molecule is CCC(N)(CC)C(=O)Nc1cccc(C)c1O. The van der Waals surface area contributed by atoms with E-state index < -0.39 is 5.54 Å². The summed E-state index contributed by atoms with van der Waals surface area (Å²) >= 11 is 0. The number of hydrogen-bond acceptors (Lipinski definition) is 3. The quantitative estimate of drug-likeness (QED) is 0.701. The van der Waals surface area contributed by atoms with Crippen molar-refractivity contribution in [2.75, 3.05) is 5.32 Å². The van der Waals surface area contributed by atoms with Crippen LogP contribution in [-0.2, 0) is 4.79 Å². The average Bonchev–Trinajstić information content (AvgIpc) is 2.33. The largest absolute Gasteiger partial charge is 0.505 e. The van der Waals surface area contributed by atoms with Gasteiger partial charge in [-0.3, -0.25) is 4.79 Å². The molecule has 0 atom stereocenters. The third-order valence-corrected chi connectivity index (χ3v) is 3.20. The minimum absolute atomic E-state index is 0.0930. The zero-order valence-electron chi connectivity index (χ0n) is 10.6. The first-order valence-electron chi connectivity index (χ1n) is 5.83. The number of rotatable bonds is 4. The Hall–Kier alpha value is -1.55. The second-order valence-corrected chi connectivity index (χ2v) is 4.29. The number of hydrogen-bond donors (Lipinski definition) is 3. The van der Waals surface area contributed by atoms with Crippen molar-refractivity contribution in [3.8, 4) is 5.75 Å². The van der Waals surface area contributed by atoms with Crippen LogP contribution in [0.1, 0.15) is 32.3 Å². The lowest BCUT2D eigenvalue weighted by molar-refractivity contribution is -0.121. The number of aryl methyl sites for hydroxylation is 1. The average molecular weight is 236 g/mol. The molecule has 94 valence electrons. The number of benzene rings is 1. The van der Waals surface area contributed by atoms with Gasteiger partial charge in [0, 0.05) is 0 Å². The Bertz CT molecular complexity index is 412. The number of amides is 1. The molecule has 4 nitrogen and oxygen atoms in total. The lowest BCUT2D eigenvalue weighted by atomic mass is 9.93. The van der Waals surface area contributed by atoms with E-state index in [1.807, 2.05) is 13.8 Å². The Morgan fingerprint density at radius 1 is 1.41 bits per heavy atom. The molecule has 0 spiro atoms. The van der Waals surface area contributed by atoms with Gasteiger partial charge in [-0.05, 0) is 31.4 Å². The number of para-hydroxylation sites is 1. The van der Waals surface area contributed by atoms with E-state index in [4.69, 9.17) is 5.73 Å². The van der Waals surface area contributed by atoms with Crippen molar-refractivity contribution in [1.29, 1.82) is 0 Å². The van der Waals surface area contributed by atoms with Gasteiger partial charge in [0.15, 0.2) is 0 Å². The molecule has 1 aromatic rings. The summed E-state index contributed by atoms with van der Waals surface area (Å²) in [6, 6.07) is 5.22. The van der Waals surface area contributed by atoms with Crippen molar-refractivity contribution in [1.82, 2.24) is 0 Å². The van der Waals surface area contributed by atoms with Crippen LogP contribution in [0, 0.1) is 6.92 Å². The first-order valence-corrected chi connectivity index (χ1v) is 5.83. The van der Waals surface area contributed by atoms with Crippen LogP contribution in [0.2, 0.25) is 0 Å². The monoisotopic (exact) mass is 236 g/mol. The predicted octanol–water partition coefficient (Wildman–Crippen LogP) is 2.16. The van der Waals surface area contributed by atoms with Crippen molar-refractivity contribution >= 4 is 11.6 Å². The molecular weight excluding hydrogens is 216 g/mol. The Labute approximate surface area is 102 Å². The van der Waals surface area contributed by atoms with Crippen molar-refractivity contribution in [2.45, 2.75) is 39.2 Å². The molecule has 0 aromatic heterocycles. The van der Waals surface area contributed by atoms with Crippen molar-refractivity contribution in [3.05, 3.63) is 23.8 Å². The standard InChI is InChI=1S/C13H20N2O2/c1-4-13(14,5-2)12(17)15-10-8-6-7-9(3)11(10)16/h6-8,16H,4-5,14H2,1-3H3,(H,15,17). The minimum Gasteiger partial charge on any atom is -0.505 e. The van der Waals surface area contributed by atoms with E-state index in [1.165, 1.54) is 0 Å². The summed E-state index contributed by atoms with van der Waals surface area (Å²) in [5.41, 5.74) is 6.23. The van der Waals surface area contributed by atoms with E-state index in [0.717, 1.165) is 5.56 Å². The number of carbonyl (C=O) groups excluding carboxylic acids is 1. The number of phenolic OH excluding ortho intramolecular Hbond substituents is 1. The van der Waals surface area contributed by atoms with Crippen LogP contribution >= 0.6 is 0 Å². The highest BCUT2D eigenvalue weighted by atomic mass is 16.3. The molecule has 0 aliphatic rings. The van der Waals surface area contributed by atoms with Gasteiger partial charge in [-0.2, -0.15) is 0 Å². The molecule has 0 saturated carbocycles. The molecule has 0 aliphatic carbocycles. The van der Waals surface area contributed by atoms with Gasteiger partial charge < -0.3 is 16.2 Å². The second-order valence-electron chi connectivity index (χ2n) is 4.29. The summed E-state index contributed by atoms with van der Waals surface area (Å²) in [5.74, 6) is -0.168. The summed E-state index contributed by atoms with van der Waals surface area (Å²) in [6.07, 6.45) is 1.11. The van der Waals surface area contributed by atoms with Crippen LogP contribution in [0.3, 0.4) is 0 Å². The summed E-state index contributed by atoms with van der Waals surface area (Å²) < 4.78 is 0. The van der Waals surface area contributed by atoms with Crippen LogP contribution in [-0.4, -0.2) is 16.6 Å². The fraction of sp³-hybridized carbons (Fsp3) is 0.462. The van der Waals surface area contributed by atoms with E-state index in [1.54, 1.807) is 25.1 Å². The lowest BCUT2D eigenvalue weighted by Gasteiger charge is -2.25. The van der Waals surface area contributed by atoms with Crippen LogP contribution < -0.4 is 11.1 Å². The maximum Gasteiger partial charge on any atom is 0.244 e. The molecule has 0 saturated heterocycles. The van der Waals surface area contributed by atoms with Gasteiger partial charge in [-0.25, -0.2) is 0 Å². The molecular formula is C13H20N2O2. The van der Waals surface area contributed by atoms with E-state index >= 15 is 0 Å². The van der Waals surface area contributed by atoms with Gasteiger partial charge in [-0.15, -0.1) is 0 Å². The van der Waals surface area contributed by atoms with E-state index in [-0.39, 0.29) is 11.7 Å². The number of nitrogens with one attached hydrogen (secondary N) is 1. The van der Waals surface area contributed by atoms with Crippen LogP contribution in [0.15, 0.2) is 18.2 Å².